The van der Waals surface area contributed by atoms with Crippen LogP contribution in [0.1, 0.15) is 47.3 Å². The number of nitrogens with zero attached hydrogens (tertiary/aromatic N) is 3. The quantitative estimate of drug-likeness (QED) is 0.661. The number of nitrogens with two attached hydrogens (primary N) is 2. The number of carbonyl (C=O) groups is 1. The molecule has 144 valence electrons. The Kier molecular flexibility index (Phi) is 4.96. The Bertz CT molecular complexity index is 1070. The van der Waals surface area contributed by atoms with Crippen molar-refractivity contribution in [2.75, 3.05) is 18.5 Å². The van der Waals surface area contributed by atoms with Crippen molar-refractivity contribution in [3.05, 3.63) is 27.3 Å². The van der Waals surface area contributed by atoms with Gasteiger partial charge in [-0.25, -0.2) is 4.98 Å². The normalized spacial score (nSPS) is 14.9. The molecule has 4 N–H and O–H groups in total. The van der Waals surface area contributed by atoms with Crippen molar-refractivity contribution in [3.63, 3.8) is 0 Å². The van der Waals surface area contributed by atoms with Gasteiger partial charge in [0.15, 0.2) is 0 Å². The summed E-state index contributed by atoms with van der Waals surface area (Å²) < 4.78 is 0. The van der Waals surface area contributed by atoms with Gasteiger partial charge < -0.3 is 16.4 Å². The molecule has 0 spiro atoms. The first-order chi connectivity index (χ1) is 13.5. The molecule has 0 aromatic carbocycles. The lowest BCUT2D eigenvalue weighted by molar-refractivity contribution is 0.0702. The maximum absolute atomic E-state index is 13.2. The smallest absolute Gasteiger partial charge is 0.266 e. The zero-order valence-corrected chi connectivity index (χ0v) is 17.2. The molecule has 1 aliphatic rings. The fourth-order valence-corrected chi connectivity index (χ4v) is 5.67. The van der Waals surface area contributed by atoms with Crippen molar-refractivity contribution >= 4 is 50.3 Å². The van der Waals surface area contributed by atoms with Gasteiger partial charge in [-0.3, -0.25) is 4.79 Å². The average molecular weight is 412 g/mol. The van der Waals surface area contributed by atoms with Gasteiger partial charge in [-0.2, -0.15) is 16.6 Å². The number of hydrogen-bond donors (Lipinski definition) is 2. The molecular weight excluding hydrogens is 390 g/mol. The first kappa shape index (κ1) is 18.7. The van der Waals surface area contributed by atoms with Crippen LogP contribution in [-0.2, 0) is 0 Å². The number of thiophene rings is 2. The van der Waals surface area contributed by atoms with E-state index in [0.29, 0.717) is 31.9 Å². The van der Waals surface area contributed by atoms with E-state index >= 15 is 0 Å². The van der Waals surface area contributed by atoms with Gasteiger partial charge in [0.25, 0.3) is 5.91 Å². The molecule has 8 heteroatoms. The zero-order chi connectivity index (χ0) is 19.8. The van der Waals surface area contributed by atoms with Crippen molar-refractivity contribution in [1.82, 2.24) is 9.88 Å². The third-order valence-electron chi connectivity index (χ3n) is 5.46. The second kappa shape index (κ2) is 7.41. The second-order valence-electron chi connectivity index (χ2n) is 7.10. The first-order valence-corrected chi connectivity index (χ1v) is 11.0. The Morgan fingerprint density at radius 3 is 2.71 bits per heavy atom. The van der Waals surface area contributed by atoms with Crippen LogP contribution in [0.4, 0.5) is 11.5 Å². The minimum Gasteiger partial charge on any atom is -0.397 e. The van der Waals surface area contributed by atoms with Crippen LogP contribution in [0, 0.1) is 11.3 Å². The molecule has 1 saturated carbocycles. The topological polar surface area (TPSA) is 109 Å². The van der Waals surface area contributed by atoms with Gasteiger partial charge in [0, 0.05) is 24.0 Å². The molecule has 28 heavy (non-hydrogen) atoms. The summed E-state index contributed by atoms with van der Waals surface area (Å²) >= 11 is 2.78. The lowest BCUT2D eigenvalue weighted by Crippen LogP contribution is -2.38. The summed E-state index contributed by atoms with van der Waals surface area (Å²) in [6, 6.07) is 4.32. The minimum absolute atomic E-state index is 0.0826. The van der Waals surface area contributed by atoms with Crippen LogP contribution in [0.3, 0.4) is 0 Å². The number of anilines is 2. The van der Waals surface area contributed by atoms with Gasteiger partial charge in [-0.1, -0.05) is 19.3 Å². The number of amides is 1. The van der Waals surface area contributed by atoms with Crippen molar-refractivity contribution in [2.45, 2.75) is 38.1 Å². The van der Waals surface area contributed by atoms with Gasteiger partial charge in [0.2, 0.25) is 0 Å². The molecule has 0 bridgehead atoms. The molecule has 3 aromatic heterocycles. The fourth-order valence-electron chi connectivity index (χ4n) is 3.93. The molecular formula is C20H21N5OS2. The summed E-state index contributed by atoms with van der Waals surface area (Å²) in [5.74, 6) is 0.0813. The number of rotatable bonds is 3. The Morgan fingerprint density at radius 2 is 2.07 bits per heavy atom. The molecule has 1 aliphatic carbocycles. The maximum Gasteiger partial charge on any atom is 0.266 e. The average Bonchev–Trinajstić information content (AvgIpc) is 3.35. The van der Waals surface area contributed by atoms with Crippen molar-refractivity contribution in [1.29, 1.82) is 5.26 Å². The molecule has 4 rings (SSSR count). The molecule has 1 amide bonds. The maximum atomic E-state index is 13.2. The van der Waals surface area contributed by atoms with E-state index in [1.807, 2.05) is 28.8 Å². The third kappa shape index (κ3) is 3.01. The second-order valence-corrected chi connectivity index (χ2v) is 8.88. The van der Waals surface area contributed by atoms with Crippen LogP contribution in [0.2, 0.25) is 0 Å². The van der Waals surface area contributed by atoms with E-state index in [-0.39, 0.29) is 17.8 Å². The molecule has 3 heterocycles. The SMILES string of the molecule is CN(C(=O)c1sc2nc(N)c(C#N)c(-c3ccsc3)c2c1N)C1CCCCC1. The number of pyridine rings is 1. The van der Waals surface area contributed by atoms with Crippen LogP contribution in [0.15, 0.2) is 16.8 Å². The van der Waals surface area contributed by atoms with E-state index in [9.17, 15) is 10.1 Å². The number of nitriles is 1. The molecule has 0 atom stereocenters. The fraction of sp³-hybridized carbons (Fsp3) is 0.350. The summed E-state index contributed by atoms with van der Waals surface area (Å²) in [7, 11) is 1.85. The summed E-state index contributed by atoms with van der Waals surface area (Å²) in [6.07, 6.45) is 5.58. The van der Waals surface area contributed by atoms with Crippen LogP contribution < -0.4 is 11.5 Å². The van der Waals surface area contributed by atoms with Gasteiger partial charge in [0.05, 0.1) is 5.69 Å². The molecule has 0 unspecified atom stereocenters. The van der Waals surface area contributed by atoms with E-state index in [1.165, 1.54) is 29.1 Å². The molecule has 6 nitrogen and oxygen atoms in total. The largest absolute Gasteiger partial charge is 0.397 e. The highest BCUT2D eigenvalue weighted by Crippen LogP contribution is 2.43. The monoisotopic (exact) mass is 411 g/mol. The third-order valence-corrected chi connectivity index (χ3v) is 7.23. The summed E-state index contributed by atoms with van der Waals surface area (Å²) in [4.78, 5) is 20.5. The lowest BCUT2D eigenvalue weighted by atomic mass is 9.94. The molecule has 0 aliphatic heterocycles. The van der Waals surface area contributed by atoms with Gasteiger partial charge >= 0.3 is 0 Å². The van der Waals surface area contributed by atoms with Gasteiger partial charge in [0.1, 0.15) is 27.2 Å². The van der Waals surface area contributed by atoms with E-state index in [0.717, 1.165) is 31.2 Å². The Morgan fingerprint density at radius 1 is 1.32 bits per heavy atom. The van der Waals surface area contributed by atoms with Crippen LogP contribution in [-0.4, -0.2) is 28.9 Å². The van der Waals surface area contributed by atoms with Crippen LogP contribution >= 0.6 is 22.7 Å². The lowest BCUT2D eigenvalue weighted by Gasteiger charge is -2.31. The Hall–Kier alpha value is -2.63. The molecule has 0 saturated heterocycles. The van der Waals surface area contributed by atoms with Crippen molar-refractivity contribution < 1.29 is 4.79 Å². The number of carbonyl (C=O) groups excluding carboxylic acids is 1. The first-order valence-electron chi connectivity index (χ1n) is 9.24. The standard InChI is InChI=1S/C20H21N5OS2/c1-25(12-5-3-2-4-6-12)20(26)17-16(22)15-14(11-7-8-27-10-11)13(9-21)18(23)24-19(15)28-17/h7-8,10,12H,2-6,22H2,1H3,(H2,23,24). The highest BCUT2D eigenvalue weighted by Gasteiger charge is 2.29. The van der Waals surface area contributed by atoms with Gasteiger partial charge in [-0.15, -0.1) is 11.3 Å². The number of fused-ring (bicyclic) bond motifs is 1. The van der Waals surface area contributed by atoms with Crippen LogP contribution in [0.5, 0.6) is 0 Å². The van der Waals surface area contributed by atoms with E-state index in [4.69, 9.17) is 11.5 Å². The van der Waals surface area contributed by atoms with Crippen molar-refractivity contribution in [3.8, 4) is 17.2 Å². The highest BCUT2D eigenvalue weighted by atomic mass is 32.1. The van der Waals surface area contributed by atoms with E-state index < -0.39 is 0 Å². The summed E-state index contributed by atoms with van der Waals surface area (Å²) in [5.41, 5.74) is 14.7. The number of nitrogen functional groups attached to an aromatic ring is 2. The Balaban J connectivity index is 1.86. The molecule has 3 aromatic rings. The van der Waals surface area contributed by atoms with Crippen LogP contribution in [0.25, 0.3) is 21.3 Å². The van der Waals surface area contributed by atoms with E-state index in [2.05, 4.69) is 11.1 Å². The predicted octanol–water partition coefficient (Wildman–Crippen LogP) is 4.47. The minimum atomic E-state index is -0.0826. The Labute approximate surface area is 171 Å². The van der Waals surface area contributed by atoms with E-state index in [1.54, 1.807) is 0 Å². The van der Waals surface area contributed by atoms with Crippen molar-refractivity contribution in [2.24, 2.45) is 0 Å². The predicted molar refractivity (Wildman–Crippen MR) is 115 cm³/mol. The summed E-state index contributed by atoms with van der Waals surface area (Å²) in [5, 5.41) is 14.2. The number of hydrogen-bond acceptors (Lipinski definition) is 7. The highest BCUT2D eigenvalue weighted by molar-refractivity contribution is 7.21. The zero-order valence-electron chi connectivity index (χ0n) is 15.6. The summed E-state index contributed by atoms with van der Waals surface area (Å²) in [6.45, 7) is 0. The number of aromatic nitrogens is 1. The van der Waals surface area contributed by atoms with Gasteiger partial charge in [-0.05, 0) is 35.2 Å². The molecule has 1 fully saturated rings. The molecule has 0 radical (unpaired) electrons.